The minimum Gasteiger partial charge on any atom is -0.464 e. The van der Waals surface area contributed by atoms with E-state index in [2.05, 4.69) is 10.3 Å². The Hall–Kier alpha value is -2.90. The maximum atomic E-state index is 13.9. The number of aliphatic hydroxyl groups is 4. The largest absolute Gasteiger partial charge is 0.464 e. The van der Waals surface area contributed by atoms with Crippen molar-refractivity contribution in [2.24, 2.45) is 0 Å². The van der Waals surface area contributed by atoms with Crippen molar-refractivity contribution < 1.29 is 42.8 Å². The minimum absolute atomic E-state index is 0.133. The van der Waals surface area contributed by atoms with Crippen LogP contribution >= 0.6 is 0 Å². The molecule has 2 aromatic heterocycles. The molecule has 0 amide bonds. The van der Waals surface area contributed by atoms with Gasteiger partial charge in [-0.15, -0.1) is 0 Å². The summed E-state index contributed by atoms with van der Waals surface area (Å²) in [6.45, 7) is -0.641. The zero-order chi connectivity index (χ0) is 23.2. The number of anilines is 1. The smallest absolute Gasteiger partial charge is 0.417 e. The lowest BCUT2D eigenvalue weighted by molar-refractivity contribution is -0.245. The van der Waals surface area contributed by atoms with Gasteiger partial charge in [0.05, 0.1) is 29.5 Å². The predicted molar refractivity (Wildman–Crippen MR) is 105 cm³/mol. The molecule has 0 aliphatic carbocycles. The Bertz CT molecular complexity index is 1160. The number of H-pyrrole nitrogens is 1. The third-order valence-corrected chi connectivity index (χ3v) is 5.30. The van der Waals surface area contributed by atoms with Crippen molar-refractivity contribution >= 4 is 16.6 Å². The molecule has 5 atom stereocenters. The summed E-state index contributed by atoms with van der Waals surface area (Å²) >= 11 is 0. The maximum Gasteiger partial charge on any atom is 0.417 e. The molecular formula is C20H19F3N2O7. The standard InChI is InChI=1S/C20H19F3N2O7/c21-20(22,23)14-9-4-3-8(24-15-17(28)16(27)12(7-26)32-19(15)30)6-10(9)25-18(29)13(14)11-2-1-5-31-11/h1-6,12,15-17,19,24,26-28,30H,7H2,(H,25,29)/t12?,15?,16-,17?,19?/m0/s1. The summed E-state index contributed by atoms with van der Waals surface area (Å²) in [6, 6.07) is 4.93. The van der Waals surface area contributed by atoms with Gasteiger partial charge in [0, 0.05) is 11.1 Å². The molecule has 3 heterocycles. The van der Waals surface area contributed by atoms with Crippen molar-refractivity contribution in [3.8, 4) is 11.3 Å². The number of hydrogen-bond donors (Lipinski definition) is 6. The van der Waals surface area contributed by atoms with Gasteiger partial charge in [0.2, 0.25) is 0 Å². The molecule has 1 aliphatic rings. The minimum atomic E-state index is -4.86. The molecule has 1 aromatic carbocycles. The number of fused-ring (bicyclic) bond motifs is 1. The number of alkyl halides is 3. The third kappa shape index (κ3) is 3.87. The first-order chi connectivity index (χ1) is 15.1. The molecule has 4 rings (SSSR count). The van der Waals surface area contributed by atoms with Crippen molar-refractivity contribution in [2.75, 3.05) is 11.9 Å². The summed E-state index contributed by atoms with van der Waals surface area (Å²) in [7, 11) is 0. The Morgan fingerprint density at radius 2 is 1.88 bits per heavy atom. The van der Waals surface area contributed by atoms with Crippen molar-refractivity contribution in [2.45, 2.75) is 36.8 Å². The Kier molecular flexibility index (Phi) is 5.73. The normalized spacial score (nSPS) is 26.4. The first-order valence-electron chi connectivity index (χ1n) is 9.50. The fourth-order valence-corrected chi connectivity index (χ4v) is 3.78. The second-order valence-electron chi connectivity index (χ2n) is 7.34. The average molecular weight is 456 g/mol. The molecular weight excluding hydrogens is 437 g/mol. The SMILES string of the molecule is O=c1[nH]c2cc(NC3C(O)OC(CO)[C@H](O)C3O)ccc2c(C(F)(F)F)c1-c1ccco1. The van der Waals surface area contributed by atoms with Crippen LogP contribution in [0, 0.1) is 0 Å². The molecule has 12 heteroatoms. The first kappa shape index (κ1) is 22.3. The fourth-order valence-electron chi connectivity index (χ4n) is 3.78. The van der Waals surface area contributed by atoms with Crippen LogP contribution in [0.15, 0.2) is 45.8 Å². The summed E-state index contributed by atoms with van der Waals surface area (Å²) in [5, 5.41) is 41.8. The molecule has 1 saturated heterocycles. The quantitative estimate of drug-likeness (QED) is 0.341. The van der Waals surface area contributed by atoms with Gasteiger partial charge in [0.25, 0.3) is 5.56 Å². The number of nitrogens with one attached hydrogen (secondary N) is 2. The van der Waals surface area contributed by atoms with Gasteiger partial charge in [-0.05, 0) is 24.3 Å². The average Bonchev–Trinajstić information content (AvgIpc) is 3.26. The molecule has 0 bridgehead atoms. The van der Waals surface area contributed by atoms with E-state index in [1.807, 2.05) is 0 Å². The topological polar surface area (TPSA) is 148 Å². The molecule has 3 aromatic rings. The van der Waals surface area contributed by atoms with Crippen molar-refractivity contribution in [3.63, 3.8) is 0 Å². The lowest BCUT2D eigenvalue weighted by atomic mass is 9.96. The molecule has 0 radical (unpaired) electrons. The summed E-state index contributed by atoms with van der Waals surface area (Å²) in [5.74, 6) is -0.235. The van der Waals surface area contributed by atoms with Crippen LogP contribution in [0.4, 0.5) is 18.9 Å². The second kappa shape index (κ2) is 8.22. The molecule has 32 heavy (non-hydrogen) atoms. The van der Waals surface area contributed by atoms with Crippen molar-refractivity contribution in [3.05, 3.63) is 52.5 Å². The van der Waals surface area contributed by atoms with Crippen molar-refractivity contribution in [1.82, 2.24) is 4.98 Å². The zero-order valence-corrected chi connectivity index (χ0v) is 16.2. The van der Waals surface area contributed by atoms with Gasteiger partial charge in [-0.3, -0.25) is 4.79 Å². The van der Waals surface area contributed by atoms with Gasteiger partial charge in [-0.1, -0.05) is 6.07 Å². The number of rotatable bonds is 4. The zero-order valence-electron chi connectivity index (χ0n) is 16.2. The lowest BCUT2D eigenvalue weighted by Gasteiger charge is -2.40. The molecule has 6 N–H and O–H groups in total. The van der Waals surface area contributed by atoms with Crippen molar-refractivity contribution in [1.29, 1.82) is 0 Å². The number of aromatic nitrogens is 1. The molecule has 9 nitrogen and oxygen atoms in total. The highest BCUT2D eigenvalue weighted by Gasteiger charge is 2.44. The number of ether oxygens (including phenoxy) is 1. The van der Waals surface area contributed by atoms with E-state index in [0.29, 0.717) is 0 Å². The Morgan fingerprint density at radius 1 is 1.12 bits per heavy atom. The predicted octanol–water partition coefficient (Wildman–Crippen LogP) is 1.02. The summed E-state index contributed by atoms with van der Waals surface area (Å²) in [4.78, 5) is 14.9. The summed E-state index contributed by atoms with van der Waals surface area (Å²) < 4.78 is 51.8. The number of hydrogen-bond acceptors (Lipinski definition) is 8. The van der Waals surface area contributed by atoms with Gasteiger partial charge in [0.15, 0.2) is 6.29 Å². The molecule has 4 unspecified atom stereocenters. The van der Waals surface area contributed by atoms with Crippen LogP contribution in [-0.2, 0) is 10.9 Å². The molecule has 1 fully saturated rings. The fraction of sp³-hybridized carbons (Fsp3) is 0.350. The second-order valence-corrected chi connectivity index (χ2v) is 7.34. The van der Waals surface area contributed by atoms with E-state index in [0.717, 1.165) is 12.3 Å². The van der Waals surface area contributed by atoms with Gasteiger partial charge in [0.1, 0.15) is 30.1 Å². The number of halogens is 3. The molecule has 1 aliphatic heterocycles. The van der Waals surface area contributed by atoms with Crippen LogP contribution in [0.1, 0.15) is 5.56 Å². The van der Waals surface area contributed by atoms with Gasteiger partial charge >= 0.3 is 6.18 Å². The number of furan rings is 1. The Morgan fingerprint density at radius 3 is 2.50 bits per heavy atom. The first-order valence-corrected chi connectivity index (χ1v) is 9.50. The van der Waals surface area contributed by atoms with E-state index < -0.39 is 60.1 Å². The monoisotopic (exact) mass is 456 g/mol. The van der Waals surface area contributed by atoms with E-state index >= 15 is 0 Å². The molecule has 0 spiro atoms. The highest BCUT2D eigenvalue weighted by atomic mass is 19.4. The van der Waals surface area contributed by atoms with E-state index in [4.69, 9.17) is 14.3 Å². The van der Waals surface area contributed by atoms with Crippen LogP contribution in [0.2, 0.25) is 0 Å². The van der Waals surface area contributed by atoms with Crippen LogP contribution < -0.4 is 10.9 Å². The number of aromatic amines is 1. The summed E-state index contributed by atoms with van der Waals surface area (Å²) in [5.41, 5.74) is -2.86. The Labute approximate surface area is 177 Å². The number of pyridine rings is 1. The van der Waals surface area contributed by atoms with Crippen LogP contribution in [-0.4, -0.2) is 62.7 Å². The number of benzene rings is 1. The third-order valence-electron chi connectivity index (χ3n) is 5.30. The van der Waals surface area contributed by atoms with E-state index in [-0.39, 0.29) is 22.4 Å². The van der Waals surface area contributed by atoms with E-state index in [9.17, 15) is 33.3 Å². The molecule has 172 valence electrons. The van der Waals surface area contributed by atoms with Crippen LogP contribution in [0.25, 0.3) is 22.2 Å². The van der Waals surface area contributed by atoms with Gasteiger partial charge in [-0.2, -0.15) is 13.2 Å². The van der Waals surface area contributed by atoms with E-state index in [1.54, 1.807) is 0 Å². The van der Waals surface area contributed by atoms with Gasteiger partial charge in [-0.25, -0.2) is 0 Å². The highest BCUT2D eigenvalue weighted by Crippen LogP contribution is 2.40. The van der Waals surface area contributed by atoms with Crippen LogP contribution in [0.5, 0.6) is 0 Å². The molecule has 0 saturated carbocycles. The van der Waals surface area contributed by atoms with E-state index in [1.165, 1.54) is 24.3 Å². The Balaban J connectivity index is 1.76. The lowest BCUT2D eigenvalue weighted by Crippen LogP contribution is -2.61. The summed E-state index contributed by atoms with van der Waals surface area (Å²) in [6.07, 6.45) is -9.62. The number of aliphatic hydroxyl groups excluding tert-OH is 4. The van der Waals surface area contributed by atoms with Gasteiger partial charge < -0.3 is 39.9 Å². The van der Waals surface area contributed by atoms with Crippen LogP contribution in [0.3, 0.4) is 0 Å². The maximum absolute atomic E-state index is 13.9. The highest BCUT2D eigenvalue weighted by molar-refractivity contribution is 5.90.